The third-order valence-electron chi connectivity index (χ3n) is 1.19. The van der Waals surface area contributed by atoms with Crippen LogP contribution in [0.15, 0.2) is 23.4 Å². The molecule has 0 unspecified atom stereocenters. The van der Waals surface area contributed by atoms with Gasteiger partial charge in [-0.25, -0.2) is 5.12 Å². The Morgan fingerprint density at radius 1 is 1.30 bits per heavy atom. The van der Waals surface area contributed by atoms with Gasteiger partial charge in [0, 0.05) is 7.05 Å². The largest absolute Gasteiger partial charge is 0.215 e. The smallest absolute Gasteiger partial charge is 0.0693 e. The highest BCUT2D eigenvalue weighted by Crippen LogP contribution is 2.15. The van der Waals surface area contributed by atoms with E-state index in [0.29, 0.717) is 10.8 Å². The number of hydrogen-bond acceptors (Lipinski definition) is 1. The minimum absolute atomic E-state index is 0.583. The van der Waals surface area contributed by atoms with Gasteiger partial charge in [-0.1, -0.05) is 12.2 Å². The molecule has 0 aromatic heterocycles. The Morgan fingerprint density at radius 2 is 1.70 bits per heavy atom. The van der Waals surface area contributed by atoms with Gasteiger partial charge in [0.15, 0.2) is 0 Å². The summed E-state index contributed by atoms with van der Waals surface area (Å²) in [5.41, 5.74) is 2.28. The zero-order valence-corrected chi connectivity index (χ0v) is 7.03. The van der Waals surface area contributed by atoms with E-state index in [9.17, 15) is 4.48 Å². The second-order valence-electron chi connectivity index (χ2n) is 2.61. The van der Waals surface area contributed by atoms with Gasteiger partial charge in [0.05, 0.1) is 5.70 Å². The highest BCUT2D eigenvalue weighted by molar-refractivity contribution is 5.27. The summed E-state index contributed by atoms with van der Waals surface area (Å²) in [6.07, 6.45) is 0. The van der Waals surface area contributed by atoms with Gasteiger partial charge in [-0.15, -0.1) is 4.48 Å². The maximum Gasteiger partial charge on any atom is 0.0693 e. The van der Waals surface area contributed by atoms with Crippen molar-refractivity contribution in [3.05, 3.63) is 23.4 Å². The SMILES string of the molecule is C=C(C)C(=C(C)C)N(C)F. The van der Waals surface area contributed by atoms with E-state index in [4.69, 9.17) is 0 Å². The monoisotopic (exact) mass is 143 g/mol. The molecule has 0 aliphatic rings. The average Bonchev–Trinajstić information content (AvgIpc) is 1.59. The van der Waals surface area contributed by atoms with E-state index in [1.807, 2.05) is 13.8 Å². The van der Waals surface area contributed by atoms with Gasteiger partial charge in [0.2, 0.25) is 0 Å². The van der Waals surface area contributed by atoms with Gasteiger partial charge in [-0.05, 0) is 26.3 Å². The van der Waals surface area contributed by atoms with E-state index in [1.54, 1.807) is 6.92 Å². The Labute approximate surface area is 61.8 Å². The van der Waals surface area contributed by atoms with Crippen molar-refractivity contribution in [2.75, 3.05) is 7.05 Å². The fourth-order valence-corrected chi connectivity index (χ4v) is 0.998. The van der Waals surface area contributed by atoms with Crippen LogP contribution >= 0.6 is 0 Å². The first-order chi connectivity index (χ1) is 4.46. The van der Waals surface area contributed by atoms with Crippen LogP contribution in [-0.2, 0) is 0 Å². The average molecular weight is 143 g/mol. The summed E-state index contributed by atoms with van der Waals surface area (Å²) < 4.78 is 12.6. The summed E-state index contributed by atoms with van der Waals surface area (Å²) in [6.45, 7) is 9.17. The summed E-state index contributed by atoms with van der Waals surface area (Å²) in [5, 5.41) is 0.595. The van der Waals surface area contributed by atoms with Crippen molar-refractivity contribution in [3.63, 3.8) is 0 Å². The van der Waals surface area contributed by atoms with E-state index >= 15 is 0 Å². The minimum Gasteiger partial charge on any atom is -0.215 e. The molecule has 0 aliphatic heterocycles. The topological polar surface area (TPSA) is 3.24 Å². The number of rotatable bonds is 2. The summed E-state index contributed by atoms with van der Waals surface area (Å²) >= 11 is 0. The van der Waals surface area contributed by atoms with Crippen LogP contribution in [0.4, 0.5) is 4.48 Å². The van der Waals surface area contributed by atoms with Crippen molar-refractivity contribution in [1.82, 2.24) is 5.12 Å². The Balaban J connectivity index is 4.61. The first-order valence-corrected chi connectivity index (χ1v) is 3.19. The molecule has 0 spiro atoms. The quantitative estimate of drug-likeness (QED) is 0.424. The Hall–Kier alpha value is -0.790. The van der Waals surface area contributed by atoms with Crippen molar-refractivity contribution in [2.24, 2.45) is 0 Å². The molecule has 0 saturated carbocycles. The molecular weight excluding hydrogens is 129 g/mol. The van der Waals surface area contributed by atoms with Crippen LogP contribution < -0.4 is 0 Å². The number of hydrogen-bond donors (Lipinski definition) is 0. The standard InChI is InChI=1S/C8H14FN/c1-6(2)8(7(3)4)10(5)9/h1H2,2-5H3. The molecular formula is C8H14FN. The van der Waals surface area contributed by atoms with E-state index in [0.717, 1.165) is 11.1 Å². The summed E-state index contributed by atoms with van der Waals surface area (Å²) in [5.74, 6) is 0. The van der Waals surface area contributed by atoms with Crippen molar-refractivity contribution >= 4 is 0 Å². The van der Waals surface area contributed by atoms with Crippen LogP contribution in [-0.4, -0.2) is 12.2 Å². The summed E-state index contributed by atoms with van der Waals surface area (Å²) in [4.78, 5) is 0. The normalized spacial score (nSPS) is 8.90. The molecule has 0 amide bonds. The number of nitrogens with zero attached hydrogens (tertiary/aromatic N) is 1. The molecule has 58 valence electrons. The first-order valence-electron chi connectivity index (χ1n) is 3.19. The molecule has 2 heteroatoms. The molecule has 0 saturated heterocycles. The first kappa shape index (κ1) is 9.21. The van der Waals surface area contributed by atoms with Crippen LogP contribution in [0.25, 0.3) is 0 Å². The van der Waals surface area contributed by atoms with Gasteiger partial charge in [-0.2, -0.15) is 0 Å². The van der Waals surface area contributed by atoms with Gasteiger partial charge >= 0.3 is 0 Å². The second-order valence-corrected chi connectivity index (χ2v) is 2.61. The van der Waals surface area contributed by atoms with Crippen LogP contribution in [0.3, 0.4) is 0 Å². The summed E-state index contributed by atoms with van der Waals surface area (Å²) in [7, 11) is 1.37. The lowest BCUT2D eigenvalue weighted by Crippen LogP contribution is -2.08. The highest BCUT2D eigenvalue weighted by Gasteiger charge is 2.04. The maximum atomic E-state index is 12.6. The second kappa shape index (κ2) is 3.40. The van der Waals surface area contributed by atoms with Gasteiger partial charge in [-0.3, -0.25) is 0 Å². The van der Waals surface area contributed by atoms with Gasteiger partial charge in [0.25, 0.3) is 0 Å². The lowest BCUT2D eigenvalue weighted by atomic mass is 10.1. The van der Waals surface area contributed by atoms with E-state index in [2.05, 4.69) is 6.58 Å². The molecule has 0 radical (unpaired) electrons. The molecule has 0 N–H and O–H groups in total. The molecule has 0 rings (SSSR count). The van der Waals surface area contributed by atoms with E-state index in [-0.39, 0.29) is 0 Å². The predicted octanol–water partition coefficient (Wildman–Crippen LogP) is 2.67. The lowest BCUT2D eigenvalue weighted by Gasteiger charge is -2.13. The zero-order chi connectivity index (χ0) is 8.31. The van der Waals surface area contributed by atoms with Crippen LogP contribution in [0.5, 0.6) is 0 Å². The number of halogens is 1. The van der Waals surface area contributed by atoms with Crippen LogP contribution in [0, 0.1) is 0 Å². The third kappa shape index (κ3) is 2.21. The van der Waals surface area contributed by atoms with Crippen molar-refractivity contribution < 1.29 is 4.48 Å². The van der Waals surface area contributed by atoms with Gasteiger partial charge < -0.3 is 0 Å². The lowest BCUT2D eigenvalue weighted by molar-refractivity contribution is 0.110. The molecule has 0 atom stereocenters. The number of allylic oxidation sites excluding steroid dienone is 2. The molecule has 1 nitrogen and oxygen atoms in total. The summed E-state index contributed by atoms with van der Waals surface area (Å²) in [6, 6.07) is 0. The molecule has 0 aliphatic carbocycles. The van der Waals surface area contributed by atoms with E-state index in [1.165, 1.54) is 7.05 Å². The van der Waals surface area contributed by atoms with Gasteiger partial charge in [0.1, 0.15) is 0 Å². The fourth-order valence-electron chi connectivity index (χ4n) is 0.998. The van der Waals surface area contributed by atoms with E-state index < -0.39 is 0 Å². The highest BCUT2D eigenvalue weighted by atomic mass is 19.2. The minimum atomic E-state index is 0.583. The van der Waals surface area contributed by atoms with Crippen molar-refractivity contribution in [1.29, 1.82) is 0 Å². The molecule has 0 aromatic rings. The van der Waals surface area contributed by atoms with Crippen LogP contribution in [0.1, 0.15) is 20.8 Å². The molecule has 0 aromatic carbocycles. The maximum absolute atomic E-state index is 12.6. The van der Waals surface area contributed by atoms with Crippen LogP contribution in [0.2, 0.25) is 0 Å². The fraction of sp³-hybridized carbons (Fsp3) is 0.500. The Kier molecular flexibility index (Phi) is 3.13. The van der Waals surface area contributed by atoms with Crippen molar-refractivity contribution in [2.45, 2.75) is 20.8 Å². The third-order valence-corrected chi connectivity index (χ3v) is 1.19. The molecule has 0 fully saturated rings. The molecule has 0 heterocycles. The predicted molar refractivity (Wildman–Crippen MR) is 42.1 cm³/mol. The Bertz CT molecular complexity index is 164. The number of likely N-dealkylation sites (N-methyl/N-ethyl adjacent to an activating group) is 1. The molecule has 10 heavy (non-hydrogen) atoms. The molecule has 0 bridgehead atoms. The zero-order valence-electron chi connectivity index (χ0n) is 7.03. The Morgan fingerprint density at radius 3 is 1.70 bits per heavy atom. The van der Waals surface area contributed by atoms with Crippen molar-refractivity contribution in [3.8, 4) is 0 Å².